The predicted molar refractivity (Wildman–Crippen MR) is 130 cm³/mol. The average molecular weight is 442 g/mol. The molecule has 2 aromatic rings. The van der Waals surface area contributed by atoms with Gasteiger partial charge < -0.3 is 29.6 Å². The van der Waals surface area contributed by atoms with E-state index < -0.39 is 36.6 Å². The maximum atomic E-state index is 10.6. The smallest absolute Gasteiger partial charge is 0.423 e. The topological polar surface area (TPSA) is 99.4 Å². The minimum absolute atomic E-state index is 0.426. The van der Waals surface area contributed by atoms with Gasteiger partial charge in [-0.2, -0.15) is 0 Å². The van der Waals surface area contributed by atoms with Gasteiger partial charge in [0.05, 0.1) is 22.4 Å². The molecule has 0 spiro atoms. The molecule has 2 aromatic carbocycles. The number of benzene rings is 2. The van der Waals surface area contributed by atoms with Crippen molar-refractivity contribution < 1.29 is 29.6 Å². The van der Waals surface area contributed by atoms with Crippen molar-refractivity contribution in [2.24, 2.45) is 0 Å². The van der Waals surface area contributed by atoms with Gasteiger partial charge in [0, 0.05) is 0 Å². The van der Waals surface area contributed by atoms with Crippen LogP contribution in [0.4, 0.5) is 0 Å². The maximum Gasteiger partial charge on any atom is 0.494 e. The molecule has 174 valence electrons. The number of hydrogen-bond acceptors (Lipinski definition) is 6. The zero-order valence-electron chi connectivity index (χ0n) is 20.4. The molecule has 2 rings (SSSR count). The third kappa shape index (κ3) is 6.22. The molecule has 32 heavy (non-hydrogen) atoms. The zero-order valence-corrected chi connectivity index (χ0v) is 20.4. The lowest BCUT2D eigenvalue weighted by Gasteiger charge is -2.43. The Bertz CT molecular complexity index is 851. The van der Waals surface area contributed by atoms with Crippen molar-refractivity contribution in [1.82, 2.24) is 0 Å². The first-order valence-electron chi connectivity index (χ1n) is 10.8. The van der Waals surface area contributed by atoms with Gasteiger partial charge in [0.1, 0.15) is 0 Å². The van der Waals surface area contributed by atoms with Gasteiger partial charge in [0.2, 0.25) is 0 Å². The van der Waals surface area contributed by atoms with Crippen molar-refractivity contribution in [3.8, 4) is 11.1 Å². The Kier molecular flexibility index (Phi) is 7.72. The van der Waals surface area contributed by atoms with E-state index in [9.17, 15) is 20.3 Å². The van der Waals surface area contributed by atoms with Gasteiger partial charge in [-0.1, -0.05) is 48.5 Å². The Morgan fingerprint density at radius 3 is 1.16 bits per heavy atom. The molecule has 0 aliphatic heterocycles. The van der Waals surface area contributed by atoms with Gasteiger partial charge in [0.15, 0.2) is 0 Å². The van der Waals surface area contributed by atoms with Crippen molar-refractivity contribution in [2.45, 2.75) is 77.8 Å². The highest BCUT2D eigenvalue weighted by molar-refractivity contribution is 6.61. The standard InChI is InChI=1S/C24H36B2O6/c1-21(2,27)23(5,6)31-26(32-24(7,8)22(3,4)28)20-15-11-18(12-16-20)17-9-13-19(14-10-17)25(29)30/h9-16,27-30H,1-8H3. The number of rotatable bonds is 9. The molecule has 4 N–H and O–H groups in total. The Hall–Kier alpha value is -1.67. The maximum absolute atomic E-state index is 10.6. The summed E-state index contributed by atoms with van der Waals surface area (Å²) in [6.07, 6.45) is 0. The fourth-order valence-corrected chi connectivity index (χ4v) is 2.66. The van der Waals surface area contributed by atoms with E-state index >= 15 is 0 Å². The Morgan fingerprint density at radius 2 is 0.875 bits per heavy atom. The first-order chi connectivity index (χ1) is 14.4. The van der Waals surface area contributed by atoms with Gasteiger partial charge >= 0.3 is 14.2 Å². The second-order valence-corrected chi connectivity index (χ2v) is 10.3. The van der Waals surface area contributed by atoms with Crippen LogP contribution in [0.3, 0.4) is 0 Å². The van der Waals surface area contributed by atoms with Crippen molar-refractivity contribution >= 4 is 25.2 Å². The summed E-state index contributed by atoms with van der Waals surface area (Å²) in [7, 11) is -2.33. The zero-order chi connectivity index (χ0) is 24.5. The van der Waals surface area contributed by atoms with Crippen LogP contribution in [0.1, 0.15) is 55.4 Å². The van der Waals surface area contributed by atoms with Crippen LogP contribution in [-0.4, -0.2) is 56.9 Å². The Morgan fingerprint density at radius 1 is 0.562 bits per heavy atom. The second-order valence-electron chi connectivity index (χ2n) is 10.3. The molecule has 0 saturated carbocycles. The van der Waals surface area contributed by atoms with Crippen molar-refractivity contribution in [3.63, 3.8) is 0 Å². The second kappa shape index (κ2) is 9.29. The molecule has 0 unspecified atom stereocenters. The van der Waals surface area contributed by atoms with Crippen LogP contribution >= 0.6 is 0 Å². The first kappa shape index (κ1) is 26.6. The van der Waals surface area contributed by atoms with E-state index in [1.54, 1.807) is 67.5 Å². The molecule has 0 bridgehead atoms. The van der Waals surface area contributed by atoms with Crippen LogP contribution in [0.2, 0.25) is 0 Å². The summed E-state index contributed by atoms with van der Waals surface area (Å²) in [6, 6.07) is 14.6. The molecule has 0 atom stereocenters. The van der Waals surface area contributed by atoms with E-state index in [-0.39, 0.29) is 0 Å². The van der Waals surface area contributed by atoms with E-state index in [1.165, 1.54) is 0 Å². The highest BCUT2D eigenvalue weighted by atomic mass is 16.6. The first-order valence-corrected chi connectivity index (χ1v) is 10.8. The van der Waals surface area contributed by atoms with Gasteiger partial charge in [-0.25, -0.2) is 0 Å². The van der Waals surface area contributed by atoms with Gasteiger partial charge in [0.25, 0.3) is 0 Å². The van der Waals surface area contributed by atoms with Crippen LogP contribution in [-0.2, 0) is 9.31 Å². The van der Waals surface area contributed by atoms with E-state index in [1.807, 2.05) is 36.4 Å². The quantitative estimate of drug-likeness (QED) is 0.443. The Labute approximate surface area is 192 Å². The summed E-state index contributed by atoms with van der Waals surface area (Å²) in [4.78, 5) is 0. The highest BCUT2D eigenvalue weighted by Gasteiger charge is 2.45. The summed E-state index contributed by atoms with van der Waals surface area (Å²) in [5.41, 5.74) is -1.11. The number of aliphatic hydroxyl groups is 2. The molecular formula is C24H36B2O6. The highest BCUT2D eigenvalue weighted by Crippen LogP contribution is 2.30. The van der Waals surface area contributed by atoms with Crippen molar-refractivity contribution in [2.75, 3.05) is 0 Å². The fourth-order valence-electron chi connectivity index (χ4n) is 2.66. The van der Waals surface area contributed by atoms with E-state index in [0.29, 0.717) is 5.46 Å². The van der Waals surface area contributed by atoms with Crippen LogP contribution < -0.4 is 10.9 Å². The van der Waals surface area contributed by atoms with Crippen LogP contribution in [0.15, 0.2) is 48.5 Å². The third-order valence-corrected chi connectivity index (χ3v) is 6.48. The lowest BCUT2D eigenvalue weighted by atomic mass is 9.73. The summed E-state index contributed by atoms with van der Waals surface area (Å²) in [5, 5.41) is 39.7. The molecule has 0 aliphatic rings. The molecule has 0 saturated heterocycles. The largest absolute Gasteiger partial charge is 0.494 e. The van der Waals surface area contributed by atoms with Crippen LogP contribution in [0, 0.1) is 0 Å². The predicted octanol–water partition coefficient (Wildman–Crippen LogP) is 1.86. The lowest BCUT2D eigenvalue weighted by Crippen LogP contribution is -2.58. The minimum Gasteiger partial charge on any atom is -0.423 e. The van der Waals surface area contributed by atoms with Crippen LogP contribution in [0.25, 0.3) is 11.1 Å². The van der Waals surface area contributed by atoms with Gasteiger partial charge in [-0.15, -0.1) is 0 Å². The molecule has 0 heterocycles. The van der Waals surface area contributed by atoms with Gasteiger partial charge in [-0.05, 0) is 77.4 Å². The number of hydrogen-bond donors (Lipinski definition) is 4. The Balaban J connectivity index is 2.38. The molecule has 0 radical (unpaired) electrons. The van der Waals surface area contributed by atoms with Crippen molar-refractivity contribution in [3.05, 3.63) is 48.5 Å². The van der Waals surface area contributed by atoms with E-state index in [4.69, 9.17) is 9.31 Å². The van der Waals surface area contributed by atoms with Crippen LogP contribution in [0.5, 0.6) is 0 Å². The summed E-state index contributed by atoms with van der Waals surface area (Å²) >= 11 is 0. The summed E-state index contributed by atoms with van der Waals surface area (Å²) in [6.45, 7) is 13.9. The lowest BCUT2D eigenvalue weighted by molar-refractivity contribution is -0.131. The summed E-state index contributed by atoms with van der Waals surface area (Å²) < 4.78 is 12.5. The third-order valence-electron chi connectivity index (χ3n) is 6.48. The molecule has 0 aromatic heterocycles. The van der Waals surface area contributed by atoms with Crippen molar-refractivity contribution in [1.29, 1.82) is 0 Å². The SMILES string of the molecule is CC(C)(O)C(C)(C)OB(OC(C)(C)C(C)(C)O)c1ccc(-c2ccc(B(O)O)cc2)cc1. The molecule has 0 fully saturated rings. The molecule has 8 heteroatoms. The molecule has 6 nitrogen and oxygen atoms in total. The normalized spacial score (nSPS) is 13.2. The monoisotopic (exact) mass is 442 g/mol. The molecular weight excluding hydrogens is 406 g/mol. The van der Waals surface area contributed by atoms with E-state index in [2.05, 4.69) is 0 Å². The van der Waals surface area contributed by atoms with Gasteiger partial charge in [-0.3, -0.25) is 0 Å². The molecule has 0 aliphatic carbocycles. The minimum atomic E-state index is -1.50. The van der Waals surface area contributed by atoms with E-state index in [0.717, 1.165) is 16.6 Å². The average Bonchev–Trinajstić information content (AvgIpc) is 2.65. The fraction of sp³-hybridized carbons (Fsp3) is 0.500. The summed E-state index contributed by atoms with van der Waals surface area (Å²) in [5.74, 6) is 0. The molecule has 0 amide bonds.